The van der Waals surface area contributed by atoms with Crippen molar-refractivity contribution in [3.8, 4) is 34.3 Å². The van der Waals surface area contributed by atoms with E-state index in [1.54, 1.807) is 0 Å². The molecule has 3 heteroatoms. The van der Waals surface area contributed by atoms with E-state index in [-0.39, 0.29) is 0 Å². The topological polar surface area (TPSA) is 41.6 Å². The number of rotatable bonds is 5. The van der Waals surface area contributed by atoms with Gasteiger partial charge in [-0.15, -0.1) is 0 Å². The molecule has 0 saturated carbocycles. The van der Waals surface area contributed by atoms with Crippen molar-refractivity contribution in [2.45, 2.75) is 39.5 Å². The van der Waals surface area contributed by atoms with E-state index in [0.29, 0.717) is 17.4 Å². The van der Waals surface area contributed by atoms with Crippen LogP contribution < -0.4 is 0 Å². The highest BCUT2D eigenvalue weighted by atomic mass is 15.1. The summed E-state index contributed by atoms with van der Waals surface area (Å²) in [6.07, 6.45) is 0. The van der Waals surface area contributed by atoms with E-state index in [9.17, 15) is 5.26 Å². The third-order valence-electron chi connectivity index (χ3n) is 8.55. The molecule has 0 unspecified atom stereocenters. The Kier molecular flexibility index (Phi) is 6.56. The van der Waals surface area contributed by atoms with Crippen LogP contribution >= 0.6 is 0 Å². The Morgan fingerprint density at radius 1 is 0.628 bits per heavy atom. The Morgan fingerprint density at radius 3 is 2.05 bits per heavy atom. The van der Waals surface area contributed by atoms with E-state index in [4.69, 9.17) is 4.98 Å². The van der Waals surface area contributed by atoms with Gasteiger partial charge in [-0.25, -0.2) is 4.98 Å². The quantitative estimate of drug-likeness (QED) is 0.198. The van der Waals surface area contributed by atoms with Crippen LogP contribution in [0.15, 0.2) is 115 Å². The first-order chi connectivity index (χ1) is 20.9. The monoisotopic (exact) mass is 555 g/mol. The molecular weight excluding hydrogens is 522 g/mol. The first kappa shape index (κ1) is 26.7. The van der Waals surface area contributed by atoms with Crippen molar-refractivity contribution in [2.24, 2.45) is 0 Å². The van der Waals surface area contributed by atoms with Crippen LogP contribution in [-0.2, 0) is 0 Å². The SMILES string of the molecule is CC(C)c1cc(-c2ccccc2)cc(C(C)C)c1-n1c(-c2cccc3c2ccc2cc(C#N)ccc23)nc2ccccc21. The molecule has 0 saturated heterocycles. The summed E-state index contributed by atoms with van der Waals surface area (Å²) >= 11 is 0. The summed E-state index contributed by atoms with van der Waals surface area (Å²) in [5.41, 5.74) is 10.2. The van der Waals surface area contributed by atoms with E-state index in [1.165, 1.54) is 27.9 Å². The van der Waals surface area contributed by atoms with E-state index in [1.807, 2.05) is 12.1 Å². The van der Waals surface area contributed by atoms with Crippen LogP contribution in [0.25, 0.3) is 60.8 Å². The van der Waals surface area contributed by atoms with Gasteiger partial charge in [-0.05, 0) is 92.0 Å². The summed E-state index contributed by atoms with van der Waals surface area (Å²) < 4.78 is 2.41. The summed E-state index contributed by atoms with van der Waals surface area (Å²) in [7, 11) is 0. The maximum absolute atomic E-state index is 9.45. The zero-order chi connectivity index (χ0) is 29.7. The number of hydrogen-bond donors (Lipinski definition) is 0. The molecule has 0 amide bonds. The van der Waals surface area contributed by atoms with Gasteiger partial charge in [0.25, 0.3) is 0 Å². The van der Waals surface area contributed by atoms with Crippen LogP contribution in [0, 0.1) is 11.3 Å². The summed E-state index contributed by atoms with van der Waals surface area (Å²) in [5, 5.41) is 14.0. The molecule has 7 rings (SSSR count). The molecule has 0 atom stereocenters. The molecule has 0 bridgehead atoms. The van der Waals surface area contributed by atoms with Crippen LogP contribution in [0.5, 0.6) is 0 Å². The molecule has 208 valence electrons. The fourth-order valence-corrected chi connectivity index (χ4v) is 6.41. The van der Waals surface area contributed by atoms with Crippen molar-refractivity contribution in [1.29, 1.82) is 5.26 Å². The number of nitrogens with zero attached hydrogens (tertiary/aromatic N) is 3. The van der Waals surface area contributed by atoms with Gasteiger partial charge in [0, 0.05) is 5.56 Å². The molecule has 0 N–H and O–H groups in total. The van der Waals surface area contributed by atoms with Crippen LogP contribution in [0.4, 0.5) is 0 Å². The number of imidazole rings is 1. The molecule has 0 spiro atoms. The normalized spacial score (nSPS) is 11.7. The van der Waals surface area contributed by atoms with Gasteiger partial charge in [-0.3, -0.25) is 4.57 Å². The number of hydrogen-bond acceptors (Lipinski definition) is 2. The lowest BCUT2D eigenvalue weighted by atomic mass is 9.88. The summed E-state index contributed by atoms with van der Waals surface area (Å²) in [6, 6.07) is 42.9. The van der Waals surface area contributed by atoms with Crippen molar-refractivity contribution >= 4 is 32.6 Å². The van der Waals surface area contributed by atoms with Crippen LogP contribution in [0.3, 0.4) is 0 Å². The van der Waals surface area contributed by atoms with Gasteiger partial charge in [0.05, 0.1) is 28.4 Å². The van der Waals surface area contributed by atoms with Gasteiger partial charge in [-0.2, -0.15) is 5.26 Å². The van der Waals surface area contributed by atoms with Crippen molar-refractivity contribution < 1.29 is 0 Å². The average Bonchev–Trinajstić information content (AvgIpc) is 3.42. The standard InChI is InChI=1S/C40H33N3/c1-25(2)35-22-30(28-11-6-5-7-12-28)23-36(26(3)4)39(35)43-38-16-9-8-15-37(38)42-40(43)34-14-10-13-32-31-19-17-27(24-41)21-29(31)18-20-33(32)34/h5-23,25-26H,1-4H3. The van der Waals surface area contributed by atoms with E-state index in [2.05, 4.69) is 141 Å². The van der Waals surface area contributed by atoms with Crippen LogP contribution in [-0.4, -0.2) is 9.55 Å². The lowest BCUT2D eigenvalue weighted by molar-refractivity contribution is 0.812. The van der Waals surface area contributed by atoms with Gasteiger partial charge in [0.15, 0.2) is 0 Å². The Morgan fingerprint density at radius 2 is 1.33 bits per heavy atom. The summed E-state index contributed by atoms with van der Waals surface area (Å²) in [6.45, 7) is 9.15. The lowest BCUT2D eigenvalue weighted by Gasteiger charge is -2.24. The second-order valence-corrected chi connectivity index (χ2v) is 12.0. The van der Waals surface area contributed by atoms with Crippen LogP contribution in [0.2, 0.25) is 0 Å². The Labute approximate surface area is 252 Å². The lowest BCUT2D eigenvalue weighted by Crippen LogP contribution is -2.09. The molecule has 0 aliphatic carbocycles. The van der Waals surface area contributed by atoms with Crippen LogP contribution in [0.1, 0.15) is 56.2 Å². The van der Waals surface area contributed by atoms with E-state index in [0.717, 1.165) is 44.0 Å². The Hall–Kier alpha value is -5.20. The third kappa shape index (κ3) is 4.47. The molecule has 3 nitrogen and oxygen atoms in total. The zero-order valence-corrected chi connectivity index (χ0v) is 25.0. The number of benzene rings is 6. The fourth-order valence-electron chi connectivity index (χ4n) is 6.41. The van der Waals surface area contributed by atoms with Crippen molar-refractivity contribution in [1.82, 2.24) is 9.55 Å². The van der Waals surface area contributed by atoms with Crippen molar-refractivity contribution in [3.63, 3.8) is 0 Å². The number of aromatic nitrogens is 2. The number of para-hydroxylation sites is 2. The third-order valence-corrected chi connectivity index (χ3v) is 8.55. The predicted molar refractivity (Wildman–Crippen MR) is 180 cm³/mol. The number of fused-ring (bicyclic) bond motifs is 4. The first-order valence-corrected chi connectivity index (χ1v) is 15.0. The molecule has 0 fully saturated rings. The molecule has 1 aromatic heterocycles. The molecule has 0 radical (unpaired) electrons. The minimum Gasteiger partial charge on any atom is -0.292 e. The van der Waals surface area contributed by atoms with Gasteiger partial charge in [0.1, 0.15) is 5.82 Å². The first-order valence-electron chi connectivity index (χ1n) is 15.0. The molecule has 0 aliphatic rings. The summed E-state index contributed by atoms with van der Waals surface area (Å²) in [4.78, 5) is 5.32. The maximum Gasteiger partial charge on any atom is 0.146 e. The summed E-state index contributed by atoms with van der Waals surface area (Å²) in [5.74, 6) is 1.54. The van der Waals surface area contributed by atoms with Gasteiger partial charge in [-0.1, -0.05) is 107 Å². The highest BCUT2D eigenvalue weighted by molar-refractivity contribution is 6.12. The second-order valence-electron chi connectivity index (χ2n) is 12.0. The van der Waals surface area contributed by atoms with Gasteiger partial charge < -0.3 is 0 Å². The molecule has 43 heavy (non-hydrogen) atoms. The van der Waals surface area contributed by atoms with Gasteiger partial charge in [0.2, 0.25) is 0 Å². The fraction of sp³-hybridized carbons (Fsp3) is 0.150. The number of nitriles is 1. The Bertz CT molecular complexity index is 2160. The predicted octanol–water partition coefficient (Wildman–Crippen LogP) is 10.8. The minimum absolute atomic E-state index is 0.302. The second kappa shape index (κ2) is 10.6. The van der Waals surface area contributed by atoms with Gasteiger partial charge >= 0.3 is 0 Å². The van der Waals surface area contributed by atoms with E-state index >= 15 is 0 Å². The smallest absolute Gasteiger partial charge is 0.146 e. The zero-order valence-electron chi connectivity index (χ0n) is 25.0. The highest BCUT2D eigenvalue weighted by Crippen LogP contribution is 2.41. The largest absolute Gasteiger partial charge is 0.292 e. The van der Waals surface area contributed by atoms with Crippen molar-refractivity contribution in [3.05, 3.63) is 132 Å². The maximum atomic E-state index is 9.45. The molecule has 7 aromatic rings. The highest BCUT2D eigenvalue weighted by Gasteiger charge is 2.24. The van der Waals surface area contributed by atoms with Crippen molar-refractivity contribution in [2.75, 3.05) is 0 Å². The average molecular weight is 556 g/mol. The van der Waals surface area contributed by atoms with E-state index < -0.39 is 0 Å². The minimum atomic E-state index is 0.302. The molecule has 0 aliphatic heterocycles. The molecule has 6 aromatic carbocycles. The Balaban J connectivity index is 1.57. The molecule has 1 heterocycles. The molecular formula is C40H33N3.